The fourth-order valence-electron chi connectivity index (χ4n) is 3.46. The Morgan fingerprint density at radius 2 is 1.76 bits per heavy atom. The summed E-state index contributed by atoms with van der Waals surface area (Å²) in [6.45, 7) is 2.94. The number of benzene rings is 1. The van der Waals surface area contributed by atoms with Crippen molar-refractivity contribution in [1.29, 1.82) is 0 Å². The van der Waals surface area contributed by atoms with Crippen LogP contribution in [-0.4, -0.2) is 49.2 Å². The van der Waals surface area contributed by atoms with E-state index in [9.17, 15) is 9.59 Å². The highest BCUT2D eigenvalue weighted by molar-refractivity contribution is 5.79. The van der Waals surface area contributed by atoms with Crippen molar-refractivity contribution in [3.63, 3.8) is 0 Å². The lowest BCUT2D eigenvalue weighted by atomic mass is 9.85. The van der Waals surface area contributed by atoms with Crippen molar-refractivity contribution in [2.45, 2.75) is 38.3 Å². The van der Waals surface area contributed by atoms with Crippen LogP contribution in [0.2, 0.25) is 0 Å². The molecule has 0 spiro atoms. The van der Waals surface area contributed by atoms with Crippen LogP contribution in [0.25, 0.3) is 0 Å². The number of hydrogen-bond donors (Lipinski definition) is 1. The third-order valence-electron chi connectivity index (χ3n) is 4.93. The van der Waals surface area contributed by atoms with Gasteiger partial charge in [-0.3, -0.25) is 4.79 Å². The first-order valence-electron chi connectivity index (χ1n) is 9.06. The van der Waals surface area contributed by atoms with E-state index < -0.39 is 0 Å². The average molecular weight is 346 g/mol. The van der Waals surface area contributed by atoms with Crippen LogP contribution < -0.4 is 5.32 Å². The van der Waals surface area contributed by atoms with E-state index in [0.29, 0.717) is 26.3 Å². The Bertz CT molecular complexity index is 564. The second-order valence-corrected chi connectivity index (χ2v) is 6.69. The Balaban J connectivity index is 1.37. The molecule has 1 aliphatic carbocycles. The molecule has 1 aliphatic heterocycles. The Morgan fingerprint density at radius 1 is 1.08 bits per heavy atom. The van der Waals surface area contributed by atoms with Gasteiger partial charge in [0.2, 0.25) is 5.91 Å². The number of rotatable bonds is 4. The van der Waals surface area contributed by atoms with E-state index in [1.807, 2.05) is 35.2 Å². The van der Waals surface area contributed by atoms with Crippen LogP contribution in [0.4, 0.5) is 4.79 Å². The van der Waals surface area contributed by atoms with Crippen molar-refractivity contribution in [1.82, 2.24) is 10.2 Å². The number of ether oxygens (including phenoxy) is 2. The van der Waals surface area contributed by atoms with Gasteiger partial charge in [0.1, 0.15) is 6.61 Å². The van der Waals surface area contributed by atoms with Gasteiger partial charge in [0.05, 0.1) is 13.2 Å². The highest BCUT2D eigenvalue weighted by Gasteiger charge is 2.30. The largest absolute Gasteiger partial charge is 0.445 e. The lowest BCUT2D eigenvalue weighted by Gasteiger charge is -2.34. The first-order valence-corrected chi connectivity index (χ1v) is 9.06. The summed E-state index contributed by atoms with van der Waals surface area (Å²) in [4.78, 5) is 26.3. The van der Waals surface area contributed by atoms with Crippen LogP contribution in [0.5, 0.6) is 0 Å². The maximum Gasteiger partial charge on any atom is 0.407 e. The molecule has 1 saturated carbocycles. The molecule has 1 aromatic rings. The minimum Gasteiger partial charge on any atom is -0.445 e. The summed E-state index contributed by atoms with van der Waals surface area (Å²) in [5.74, 6) is 0.324. The number of hydrogen-bond acceptors (Lipinski definition) is 4. The second-order valence-electron chi connectivity index (χ2n) is 6.69. The molecule has 136 valence electrons. The summed E-state index contributed by atoms with van der Waals surface area (Å²) in [5, 5.41) is 2.92. The molecule has 1 saturated heterocycles. The fraction of sp³-hybridized carbons (Fsp3) is 0.579. The zero-order valence-corrected chi connectivity index (χ0v) is 14.5. The van der Waals surface area contributed by atoms with E-state index in [1.165, 1.54) is 0 Å². The van der Waals surface area contributed by atoms with Gasteiger partial charge in [-0.2, -0.15) is 0 Å². The number of alkyl carbamates (subject to hydrolysis) is 1. The number of nitrogens with zero attached hydrogens (tertiary/aromatic N) is 1. The predicted molar refractivity (Wildman–Crippen MR) is 92.9 cm³/mol. The molecule has 6 nitrogen and oxygen atoms in total. The monoisotopic (exact) mass is 346 g/mol. The molecule has 1 aromatic carbocycles. The molecule has 1 heterocycles. The minimum atomic E-state index is -0.383. The van der Waals surface area contributed by atoms with Gasteiger partial charge in [-0.25, -0.2) is 4.79 Å². The van der Waals surface area contributed by atoms with Gasteiger partial charge in [-0.05, 0) is 31.2 Å². The second kappa shape index (κ2) is 8.85. The summed E-state index contributed by atoms with van der Waals surface area (Å²) < 4.78 is 10.6. The highest BCUT2D eigenvalue weighted by atomic mass is 16.5. The van der Waals surface area contributed by atoms with E-state index in [1.54, 1.807) is 0 Å². The van der Waals surface area contributed by atoms with Crippen molar-refractivity contribution in [2.24, 2.45) is 5.92 Å². The highest BCUT2D eigenvalue weighted by Crippen LogP contribution is 2.26. The number of carbonyl (C=O) groups is 2. The molecule has 2 aliphatic rings. The number of amides is 2. The topological polar surface area (TPSA) is 67.9 Å². The van der Waals surface area contributed by atoms with Gasteiger partial charge < -0.3 is 19.7 Å². The molecular formula is C19H26N2O4. The van der Waals surface area contributed by atoms with Crippen LogP contribution >= 0.6 is 0 Å². The molecule has 3 rings (SSSR count). The molecule has 6 heteroatoms. The summed E-state index contributed by atoms with van der Waals surface area (Å²) in [6, 6.07) is 9.72. The molecule has 0 atom stereocenters. The summed E-state index contributed by atoms with van der Waals surface area (Å²) >= 11 is 0. The SMILES string of the molecule is O=C(NC1CCC(C(=O)N2CCOCC2)CC1)OCc1ccccc1. The molecule has 0 aromatic heterocycles. The molecule has 1 N–H and O–H groups in total. The van der Waals surface area contributed by atoms with Gasteiger partial charge in [0.25, 0.3) is 0 Å². The van der Waals surface area contributed by atoms with Gasteiger partial charge in [-0.15, -0.1) is 0 Å². The Labute approximate surface area is 148 Å². The Hall–Kier alpha value is -2.08. The van der Waals surface area contributed by atoms with Crippen molar-refractivity contribution >= 4 is 12.0 Å². The maximum atomic E-state index is 12.5. The third kappa shape index (κ3) is 5.19. The number of carbonyl (C=O) groups excluding carboxylic acids is 2. The van der Waals surface area contributed by atoms with Crippen LogP contribution in [0.3, 0.4) is 0 Å². The van der Waals surface area contributed by atoms with Crippen molar-refractivity contribution in [3.8, 4) is 0 Å². The zero-order valence-electron chi connectivity index (χ0n) is 14.5. The summed E-state index contributed by atoms with van der Waals surface area (Å²) in [6.07, 6.45) is 2.90. The van der Waals surface area contributed by atoms with Crippen LogP contribution in [0, 0.1) is 5.92 Å². The van der Waals surface area contributed by atoms with Crippen LogP contribution in [0.1, 0.15) is 31.2 Å². The zero-order chi connectivity index (χ0) is 17.5. The standard InChI is InChI=1S/C19H26N2O4/c22-18(21-10-12-24-13-11-21)16-6-8-17(9-7-16)20-19(23)25-14-15-4-2-1-3-5-15/h1-5,16-17H,6-14H2,(H,20,23). The molecule has 0 unspecified atom stereocenters. The summed E-state index contributed by atoms with van der Waals surface area (Å²) in [5.41, 5.74) is 0.970. The first kappa shape index (κ1) is 17.7. The predicted octanol–water partition coefficient (Wildman–Crippen LogP) is 2.33. The van der Waals surface area contributed by atoms with E-state index >= 15 is 0 Å². The maximum absolute atomic E-state index is 12.5. The van der Waals surface area contributed by atoms with E-state index in [4.69, 9.17) is 9.47 Å². The minimum absolute atomic E-state index is 0.0801. The van der Waals surface area contributed by atoms with E-state index in [2.05, 4.69) is 5.32 Å². The Kier molecular flexibility index (Phi) is 6.28. The Morgan fingerprint density at radius 3 is 2.44 bits per heavy atom. The third-order valence-corrected chi connectivity index (χ3v) is 4.93. The van der Waals surface area contributed by atoms with Crippen molar-refractivity contribution in [2.75, 3.05) is 26.3 Å². The smallest absolute Gasteiger partial charge is 0.407 e. The van der Waals surface area contributed by atoms with Crippen LogP contribution in [0.15, 0.2) is 30.3 Å². The van der Waals surface area contributed by atoms with Gasteiger partial charge in [0, 0.05) is 25.0 Å². The average Bonchev–Trinajstić information content (AvgIpc) is 2.68. The lowest BCUT2D eigenvalue weighted by molar-refractivity contribution is -0.140. The summed E-state index contributed by atoms with van der Waals surface area (Å²) in [7, 11) is 0. The molecular weight excluding hydrogens is 320 g/mol. The van der Waals surface area contributed by atoms with Crippen molar-refractivity contribution in [3.05, 3.63) is 35.9 Å². The van der Waals surface area contributed by atoms with E-state index in [0.717, 1.165) is 31.2 Å². The molecule has 0 bridgehead atoms. The number of morpholine rings is 1. The molecule has 25 heavy (non-hydrogen) atoms. The van der Waals surface area contributed by atoms with Gasteiger partial charge in [-0.1, -0.05) is 30.3 Å². The van der Waals surface area contributed by atoms with Gasteiger partial charge in [0.15, 0.2) is 0 Å². The van der Waals surface area contributed by atoms with Crippen LogP contribution in [-0.2, 0) is 20.9 Å². The number of nitrogens with one attached hydrogen (secondary N) is 1. The normalized spacial score (nSPS) is 23.8. The van der Waals surface area contributed by atoms with Gasteiger partial charge >= 0.3 is 6.09 Å². The molecule has 2 amide bonds. The molecule has 0 radical (unpaired) electrons. The lowest BCUT2D eigenvalue weighted by Crippen LogP contribution is -2.46. The van der Waals surface area contributed by atoms with E-state index in [-0.39, 0.29) is 30.6 Å². The first-order chi connectivity index (χ1) is 12.2. The van der Waals surface area contributed by atoms with Crippen molar-refractivity contribution < 1.29 is 19.1 Å². The molecule has 2 fully saturated rings. The quantitative estimate of drug-likeness (QED) is 0.909. The fourth-order valence-corrected chi connectivity index (χ4v) is 3.46.